The molecule has 146 valence electrons. The second kappa shape index (κ2) is 7.41. The maximum Gasteiger partial charge on any atom is 0.341 e. The van der Waals surface area contributed by atoms with Crippen LogP contribution >= 0.6 is 28.3 Å². The Bertz CT molecular complexity index is 977. The molecule has 0 spiro atoms. The lowest BCUT2D eigenvalue weighted by atomic mass is 10.1. The fraction of sp³-hybridized carbons (Fsp3) is 0.444. The summed E-state index contributed by atoms with van der Waals surface area (Å²) in [6.07, 6.45) is 3.24. The average Bonchev–Trinajstić information content (AvgIpc) is 3.40. The second-order valence-electron chi connectivity index (χ2n) is 7.03. The van der Waals surface area contributed by atoms with Crippen LogP contribution in [0, 0.1) is 5.82 Å². The number of anilines is 1. The van der Waals surface area contributed by atoms with E-state index in [0.29, 0.717) is 28.8 Å². The van der Waals surface area contributed by atoms with Gasteiger partial charge in [0.1, 0.15) is 11.4 Å². The quantitative estimate of drug-likeness (QED) is 0.736. The molecule has 1 atom stereocenters. The van der Waals surface area contributed by atoms with Crippen LogP contribution in [0.3, 0.4) is 0 Å². The number of carboxylic acid groups (broad SMARTS) is 1. The molecule has 2 heterocycles. The van der Waals surface area contributed by atoms with Gasteiger partial charge in [-0.05, 0) is 41.8 Å². The molecule has 27 heavy (non-hydrogen) atoms. The minimum atomic E-state index is -1.29. The highest BCUT2D eigenvalue weighted by atomic mass is 79.9. The van der Waals surface area contributed by atoms with E-state index < -0.39 is 17.2 Å². The number of carbonyl (C=O) groups is 1. The fourth-order valence-corrected chi connectivity index (χ4v) is 4.51. The average molecular weight is 461 g/mol. The van der Waals surface area contributed by atoms with Crippen LogP contribution in [0.25, 0.3) is 10.9 Å². The zero-order chi connectivity index (χ0) is 18.6. The van der Waals surface area contributed by atoms with Crippen LogP contribution < -0.4 is 15.6 Å². The van der Waals surface area contributed by atoms with Crippen LogP contribution in [0.15, 0.2) is 21.5 Å². The molecular weight excluding hydrogens is 441 g/mol. The Morgan fingerprint density at radius 2 is 2.11 bits per heavy atom. The summed E-state index contributed by atoms with van der Waals surface area (Å²) in [4.78, 5) is 26.0. The third-order valence-corrected chi connectivity index (χ3v) is 5.79. The number of benzene rings is 1. The highest BCUT2D eigenvalue weighted by Crippen LogP contribution is 2.42. The number of aromatic carboxylic acids is 1. The summed E-state index contributed by atoms with van der Waals surface area (Å²) in [6, 6.07) is 1.56. The fourth-order valence-electron chi connectivity index (χ4n) is 3.65. The van der Waals surface area contributed by atoms with Gasteiger partial charge in [0.15, 0.2) is 0 Å². The Morgan fingerprint density at radius 3 is 2.70 bits per heavy atom. The first-order chi connectivity index (χ1) is 12.4. The van der Waals surface area contributed by atoms with E-state index in [1.165, 1.54) is 12.3 Å². The second-order valence-corrected chi connectivity index (χ2v) is 7.83. The number of hydrogen-bond acceptors (Lipinski definition) is 4. The summed E-state index contributed by atoms with van der Waals surface area (Å²) in [6.45, 7) is 4.10. The molecule has 1 aromatic heterocycles. The molecule has 2 aromatic rings. The number of halogens is 3. The minimum absolute atomic E-state index is 0. The van der Waals surface area contributed by atoms with Crippen molar-refractivity contribution in [3.8, 4) is 0 Å². The van der Waals surface area contributed by atoms with Crippen molar-refractivity contribution in [2.45, 2.75) is 31.8 Å². The van der Waals surface area contributed by atoms with Crippen LogP contribution in [0.4, 0.5) is 10.1 Å². The largest absolute Gasteiger partial charge is 0.477 e. The normalized spacial score (nSPS) is 19.8. The van der Waals surface area contributed by atoms with E-state index in [0.717, 1.165) is 19.4 Å². The van der Waals surface area contributed by atoms with Crippen LogP contribution in [0.1, 0.15) is 36.2 Å². The van der Waals surface area contributed by atoms with Crippen LogP contribution in [-0.4, -0.2) is 41.3 Å². The first-order valence-corrected chi connectivity index (χ1v) is 9.46. The van der Waals surface area contributed by atoms with Crippen molar-refractivity contribution in [1.29, 1.82) is 0 Å². The van der Waals surface area contributed by atoms with Crippen molar-refractivity contribution >= 4 is 50.9 Å². The maximum atomic E-state index is 15.0. The molecule has 1 aliphatic heterocycles. The highest BCUT2D eigenvalue weighted by molar-refractivity contribution is 9.10. The third-order valence-electron chi connectivity index (χ3n) is 5.04. The Labute approximate surface area is 169 Å². The van der Waals surface area contributed by atoms with Crippen LogP contribution in [0.2, 0.25) is 0 Å². The first kappa shape index (κ1) is 20.1. The van der Waals surface area contributed by atoms with Crippen molar-refractivity contribution in [2.24, 2.45) is 0 Å². The van der Waals surface area contributed by atoms with Crippen molar-refractivity contribution in [3.05, 3.63) is 38.3 Å². The molecule has 1 aliphatic carbocycles. The lowest BCUT2D eigenvalue weighted by molar-refractivity contribution is 0.0695. The molecule has 4 rings (SSSR count). The summed E-state index contributed by atoms with van der Waals surface area (Å²) < 4.78 is 17.3. The zero-order valence-corrected chi connectivity index (χ0v) is 17.1. The van der Waals surface area contributed by atoms with Crippen molar-refractivity contribution in [2.75, 3.05) is 24.5 Å². The molecular formula is C18H20BrClFN3O3. The molecule has 0 amide bonds. The molecule has 1 aromatic carbocycles. The summed E-state index contributed by atoms with van der Waals surface area (Å²) >= 11 is 3.52. The number of fused-ring (bicyclic) bond motifs is 1. The van der Waals surface area contributed by atoms with E-state index in [-0.39, 0.29) is 35.4 Å². The smallest absolute Gasteiger partial charge is 0.341 e. The monoisotopic (exact) mass is 459 g/mol. The standard InChI is InChI=1S/C18H19BrFN3O3.ClH/c1-9-7-22(5-4-21-9)16-13(20)6-11-15(14(16)19)23(10-2-3-10)8-12(17(11)24)18(25)26;/h6,8-10,21H,2-5,7H2,1H3,(H,25,26);1H. The van der Waals surface area contributed by atoms with Crippen LogP contribution in [-0.2, 0) is 0 Å². The topological polar surface area (TPSA) is 74.6 Å². The zero-order valence-electron chi connectivity index (χ0n) is 14.7. The molecule has 2 fully saturated rings. The van der Waals surface area contributed by atoms with Gasteiger partial charge >= 0.3 is 5.97 Å². The molecule has 9 heteroatoms. The predicted octanol–water partition coefficient (Wildman–Crippen LogP) is 3.16. The van der Waals surface area contributed by atoms with E-state index in [1.54, 1.807) is 0 Å². The number of hydrogen-bond donors (Lipinski definition) is 2. The molecule has 1 saturated heterocycles. The van der Waals surface area contributed by atoms with Gasteiger partial charge in [-0.2, -0.15) is 0 Å². The van der Waals surface area contributed by atoms with Gasteiger partial charge in [-0.25, -0.2) is 9.18 Å². The van der Waals surface area contributed by atoms with Crippen molar-refractivity contribution in [3.63, 3.8) is 0 Å². The van der Waals surface area contributed by atoms with E-state index in [1.807, 2.05) is 16.4 Å². The van der Waals surface area contributed by atoms with Gasteiger partial charge in [-0.3, -0.25) is 4.79 Å². The summed E-state index contributed by atoms with van der Waals surface area (Å²) in [7, 11) is 0. The lowest BCUT2D eigenvalue weighted by Crippen LogP contribution is -2.49. The van der Waals surface area contributed by atoms with E-state index >= 15 is 0 Å². The molecule has 2 N–H and O–H groups in total. The van der Waals surface area contributed by atoms with E-state index in [9.17, 15) is 19.1 Å². The van der Waals surface area contributed by atoms with Crippen LogP contribution in [0.5, 0.6) is 0 Å². The Kier molecular flexibility index (Phi) is 5.52. The van der Waals surface area contributed by atoms with Gasteiger partial charge < -0.3 is 19.9 Å². The molecule has 1 saturated carbocycles. The van der Waals surface area contributed by atoms with Gasteiger partial charge in [0.25, 0.3) is 0 Å². The molecule has 6 nitrogen and oxygen atoms in total. The molecule has 2 aliphatic rings. The van der Waals surface area contributed by atoms with Gasteiger partial charge in [-0.15, -0.1) is 12.4 Å². The molecule has 0 radical (unpaired) electrons. The summed E-state index contributed by atoms with van der Waals surface area (Å²) in [5, 5.41) is 12.8. The van der Waals surface area contributed by atoms with E-state index in [2.05, 4.69) is 21.2 Å². The number of rotatable bonds is 3. The minimum Gasteiger partial charge on any atom is -0.477 e. The Hall–Kier alpha value is -1.64. The van der Waals surface area contributed by atoms with Crippen molar-refractivity contribution in [1.82, 2.24) is 9.88 Å². The number of aromatic nitrogens is 1. The Balaban J connectivity index is 0.00000210. The Morgan fingerprint density at radius 1 is 1.41 bits per heavy atom. The predicted molar refractivity (Wildman–Crippen MR) is 108 cm³/mol. The van der Waals surface area contributed by atoms with Gasteiger partial charge in [-0.1, -0.05) is 0 Å². The third kappa shape index (κ3) is 3.46. The summed E-state index contributed by atoms with van der Waals surface area (Å²) in [5.41, 5.74) is 0.0382. The van der Waals surface area contributed by atoms with Gasteiger partial charge in [0.2, 0.25) is 5.43 Å². The summed E-state index contributed by atoms with van der Waals surface area (Å²) in [5.74, 6) is -1.80. The van der Waals surface area contributed by atoms with Gasteiger partial charge in [0.05, 0.1) is 21.1 Å². The number of carboxylic acids is 1. The number of nitrogens with zero attached hydrogens (tertiary/aromatic N) is 2. The van der Waals surface area contributed by atoms with Crippen molar-refractivity contribution < 1.29 is 14.3 Å². The van der Waals surface area contributed by atoms with Gasteiger partial charge in [0, 0.05) is 37.9 Å². The lowest BCUT2D eigenvalue weighted by Gasteiger charge is -2.34. The molecule has 0 bridgehead atoms. The first-order valence-electron chi connectivity index (χ1n) is 8.67. The number of pyridine rings is 1. The number of nitrogens with one attached hydrogen (secondary N) is 1. The maximum absolute atomic E-state index is 15.0. The van der Waals surface area contributed by atoms with E-state index in [4.69, 9.17) is 0 Å². The SMILES string of the molecule is CC1CN(c2c(F)cc3c(=O)c(C(=O)O)cn(C4CC4)c3c2Br)CCN1.Cl. The highest BCUT2D eigenvalue weighted by Gasteiger charge is 2.30. The number of piperazine rings is 1. The molecule has 1 unspecified atom stereocenters.